The van der Waals surface area contributed by atoms with E-state index in [-0.39, 0.29) is 6.61 Å². The number of pyridine rings is 1. The van der Waals surface area contributed by atoms with Crippen molar-refractivity contribution in [2.75, 3.05) is 55.6 Å². The van der Waals surface area contributed by atoms with Crippen molar-refractivity contribution in [2.24, 2.45) is 10.7 Å². The number of nitrogens with two attached hydrogens (primary N) is 1. The Balaban J connectivity index is 1.39. The van der Waals surface area contributed by atoms with Gasteiger partial charge in [0.25, 0.3) is 5.91 Å². The van der Waals surface area contributed by atoms with Crippen LogP contribution in [0.5, 0.6) is 5.75 Å². The molecule has 4 heterocycles. The summed E-state index contributed by atoms with van der Waals surface area (Å²) in [6.45, 7) is 4.09. The van der Waals surface area contributed by atoms with Crippen LogP contribution in [0.1, 0.15) is 5.69 Å². The van der Waals surface area contributed by atoms with Crippen LogP contribution in [0.3, 0.4) is 0 Å². The van der Waals surface area contributed by atoms with Crippen LogP contribution in [0.2, 0.25) is 0 Å². The molecule has 5 rings (SSSR count). The summed E-state index contributed by atoms with van der Waals surface area (Å²) < 4.78 is 7.71. The molecule has 2 aliphatic rings. The minimum Gasteiger partial charge on any atom is -0.484 e. The number of benzene rings is 1. The summed E-state index contributed by atoms with van der Waals surface area (Å²) in [5.41, 5.74) is 8.22. The Bertz CT molecular complexity index is 1210. The zero-order chi connectivity index (χ0) is 24.2. The normalized spacial score (nSPS) is 18.5. The third kappa shape index (κ3) is 6.08. The fraction of sp³-hybridized carbons (Fsp3) is 0.375. The zero-order valence-electron chi connectivity index (χ0n) is 19.5. The summed E-state index contributed by atoms with van der Waals surface area (Å²) in [5, 5.41) is 3.40. The number of anilines is 1. The molecule has 184 valence electrons. The monoisotopic (exact) mass is 528 g/mol. The van der Waals surface area contributed by atoms with Gasteiger partial charge in [-0.25, -0.2) is 4.98 Å². The Hall–Kier alpha value is -2.34. The number of fused-ring (bicyclic) bond motifs is 1. The summed E-state index contributed by atoms with van der Waals surface area (Å²) in [4.78, 5) is 26.7. The Morgan fingerprint density at radius 1 is 1.31 bits per heavy atom. The molecule has 35 heavy (non-hydrogen) atoms. The predicted molar refractivity (Wildman–Crippen MR) is 148 cm³/mol. The summed E-state index contributed by atoms with van der Waals surface area (Å²) in [5.74, 6) is 2.53. The average molecular weight is 529 g/mol. The number of thioether (sulfide) groups is 2. The second-order valence-corrected chi connectivity index (χ2v) is 12.1. The van der Waals surface area contributed by atoms with Crippen molar-refractivity contribution in [3.63, 3.8) is 0 Å². The number of primary amides is 1. The van der Waals surface area contributed by atoms with Crippen molar-refractivity contribution in [1.29, 1.82) is 0 Å². The van der Waals surface area contributed by atoms with Gasteiger partial charge in [-0.2, -0.15) is 11.8 Å². The first kappa shape index (κ1) is 24.4. The van der Waals surface area contributed by atoms with Crippen molar-refractivity contribution < 1.29 is 9.53 Å². The van der Waals surface area contributed by atoms with Gasteiger partial charge < -0.3 is 24.7 Å². The van der Waals surface area contributed by atoms with Gasteiger partial charge in [0.1, 0.15) is 15.8 Å². The molecule has 3 aromatic rings. The Kier molecular flexibility index (Phi) is 7.76. The van der Waals surface area contributed by atoms with Crippen molar-refractivity contribution in [3.05, 3.63) is 48.3 Å². The number of hydrogen-bond donors (Lipinski definition) is 2. The molecule has 2 aliphatic heterocycles. The number of aromatic nitrogens is 2. The number of carbonyl (C=O) groups is 1. The van der Waals surface area contributed by atoms with E-state index in [2.05, 4.69) is 20.9 Å². The van der Waals surface area contributed by atoms with Crippen LogP contribution in [0.4, 0.5) is 5.69 Å². The minimum atomic E-state index is -0.507. The highest BCUT2D eigenvalue weighted by Crippen LogP contribution is 2.37. The summed E-state index contributed by atoms with van der Waals surface area (Å²) in [6, 6.07) is 11.8. The number of H-pyrrole nitrogens is 1. The maximum atomic E-state index is 11.3. The average Bonchev–Trinajstić information content (AvgIpc) is 3.50. The van der Waals surface area contributed by atoms with E-state index in [0.29, 0.717) is 11.0 Å². The number of aromatic amines is 1. The Morgan fingerprint density at radius 3 is 2.94 bits per heavy atom. The predicted octanol–water partition coefficient (Wildman–Crippen LogP) is 3.48. The number of carbonyl (C=O) groups excluding carboxylic acids is 1. The largest absolute Gasteiger partial charge is 0.484 e. The highest BCUT2D eigenvalue weighted by molar-refractivity contribution is 8.15. The van der Waals surface area contributed by atoms with E-state index in [1.165, 1.54) is 36.5 Å². The van der Waals surface area contributed by atoms with Crippen LogP contribution in [-0.2, 0) is 4.79 Å². The molecule has 11 heteroatoms. The van der Waals surface area contributed by atoms with Crippen molar-refractivity contribution in [3.8, 4) is 5.75 Å². The van der Waals surface area contributed by atoms with E-state index >= 15 is 0 Å². The summed E-state index contributed by atoms with van der Waals surface area (Å²) >= 11 is 5.41. The molecule has 1 saturated heterocycles. The third-order valence-electron chi connectivity index (χ3n) is 5.78. The maximum Gasteiger partial charge on any atom is 0.255 e. The van der Waals surface area contributed by atoms with E-state index in [1.54, 1.807) is 6.20 Å². The molecule has 2 aromatic heterocycles. The van der Waals surface area contributed by atoms with Crippen LogP contribution >= 0.6 is 35.5 Å². The molecular weight excluding hydrogens is 501 g/mol. The second-order valence-electron chi connectivity index (χ2n) is 8.40. The quantitative estimate of drug-likeness (QED) is 0.407. The molecular formula is C24H28N6O2S3. The van der Waals surface area contributed by atoms with Crippen LogP contribution < -0.4 is 14.8 Å². The molecule has 0 bridgehead atoms. The lowest BCUT2D eigenvalue weighted by Crippen LogP contribution is -2.37. The van der Waals surface area contributed by atoms with Gasteiger partial charge in [-0.3, -0.25) is 9.79 Å². The lowest BCUT2D eigenvalue weighted by Gasteiger charge is -2.28. The number of aliphatic imine (C=N–C) groups is 1. The minimum absolute atomic E-state index is 0.168. The summed E-state index contributed by atoms with van der Waals surface area (Å²) in [6.07, 6.45) is 1.78. The SMILES string of the molecule is CN(Sc1ccccn1)c1cc(OCC(N)=O)cc2cc(C3=NCC(CN4CCSCC4)S3)[nH]c12. The highest BCUT2D eigenvalue weighted by Gasteiger charge is 2.25. The van der Waals surface area contributed by atoms with Crippen LogP contribution in [0.15, 0.2) is 52.6 Å². The fourth-order valence-corrected chi connectivity index (χ4v) is 7.01. The lowest BCUT2D eigenvalue weighted by molar-refractivity contribution is -0.119. The molecule has 0 aliphatic carbocycles. The molecule has 1 fully saturated rings. The van der Waals surface area contributed by atoms with E-state index in [0.717, 1.165) is 45.4 Å². The Labute approximate surface area is 217 Å². The first-order valence-electron chi connectivity index (χ1n) is 11.5. The third-order valence-corrected chi connectivity index (χ3v) is 8.83. The van der Waals surface area contributed by atoms with Gasteiger partial charge in [-0.05, 0) is 24.3 Å². The van der Waals surface area contributed by atoms with Gasteiger partial charge in [-0.15, -0.1) is 0 Å². The number of ether oxygens (including phenoxy) is 1. The smallest absolute Gasteiger partial charge is 0.255 e. The molecule has 0 saturated carbocycles. The van der Waals surface area contributed by atoms with Crippen molar-refractivity contribution in [2.45, 2.75) is 10.3 Å². The first-order valence-corrected chi connectivity index (χ1v) is 14.3. The molecule has 1 amide bonds. The first-order chi connectivity index (χ1) is 17.0. The molecule has 1 atom stereocenters. The topological polar surface area (TPSA) is 99.8 Å². The Morgan fingerprint density at radius 2 is 2.17 bits per heavy atom. The molecule has 1 aromatic carbocycles. The van der Waals surface area contributed by atoms with Gasteiger partial charge >= 0.3 is 0 Å². The summed E-state index contributed by atoms with van der Waals surface area (Å²) in [7, 11) is 1.99. The van der Waals surface area contributed by atoms with Crippen LogP contribution in [0, 0.1) is 0 Å². The number of nitrogens with one attached hydrogen (secondary N) is 1. The van der Waals surface area contributed by atoms with Gasteiger partial charge in [0, 0.05) is 73.0 Å². The number of hydrogen-bond acceptors (Lipinski definition) is 9. The fourth-order valence-electron chi connectivity index (χ4n) is 4.12. The van der Waals surface area contributed by atoms with Gasteiger partial charge in [0.05, 0.1) is 23.4 Å². The van der Waals surface area contributed by atoms with E-state index in [4.69, 9.17) is 15.5 Å². The van der Waals surface area contributed by atoms with E-state index in [9.17, 15) is 4.79 Å². The van der Waals surface area contributed by atoms with Crippen molar-refractivity contribution in [1.82, 2.24) is 14.9 Å². The molecule has 0 radical (unpaired) electrons. The molecule has 8 nitrogen and oxygen atoms in total. The highest BCUT2D eigenvalue weighted by atomic mass is 32.2. The van der Waals surface area contributed by atoms with Crippen LogP contribution in [-0.4, -0.2) is 82.4 Å². The van der Waals surface area contributed by atoms with E-state index < -0.39 is 5.91 Å². The standard InChI is InChI=1S/C24H28N6O2S3/c1-29(35-22-4-2-3-5-26-22)20-12-17(32-15-21(25)31)10-16-11-19(28-23(16)20)24-27-13-18(34-24)14-30-6-8-33-9-7-30/h2-5,10-12,18,28H,6-9,13-15H2,1H3,(H2,25,31). The van der Waals surface area contributed by atoms with Crippen LogP contribution in [0.25, 0.3) is 10.9 Å². The molecule has 1 unspecified atom stereocenters. The zero-order valence-corrected chi connectivity index (χ0v) is 21.9. The number of nitrogens with zero attached hydrogens (tertiary/aromatic N) is 4. The van der Waals surface area contributed by atoms with Gasteiger partial charge in [-0.1, -0.05) is 17.8 Å². The lowest BCUT2D eigenvalue weighted by atomic mass is 10.2. The van der Waals surface area contributed by atoms with Gasteiger partial charge in [0.2, 0.25) is 0 Å². The number of amides is 1. The maximum absolute atomic E-state index is 11.3. The van der Waals surface area contributed by atoms with Crippen molar-refractivity contribution >= 4 is 63.0 Å². The van der Waals surface area contributed by atoms with E-state index in [1.807, 2.05) is 65.2 Å². The molecule has 0 spiro atoms. The van der Waals surface area contributed by atoms with Gasteiger partial charge in [0.15, 0.2) is 6.61 Å². The molecule has 3 N–H and O–H groups in total. The second kappa shape index (κ2) is 11.2. The number of rotatable bonds is 9.